The molecule has 29 heavy (non-hydrogen) atoms. The minimum absolute atomic E-state index is 0.120. The summed E-state index contributed by atoms with van der Waals surface area (Å²) >= 11 is 5.87. The molecule has 0 radical (unpaired) electrons. The van der Waals surface area contributed by atoms with E-state index in [1.165, 1.54) is 11.3 Å². The maximum absolute atomic E-state index is 12.2. The first-order valence-electron chi connectivity index (χ1n) is 10.1. The molecule has 0 bridgehead atoms. The summed E-state index contributed by atoms with van der Waals surface area (Å²) in [5, 5.41) is 4.79. The lowest BCUT2D eigenvalue weighted by molar-refractivity contribution is 0.0955. The van der Waals surface area contributed by atoms with Gasteiger partial charge >= 0.3 is 0 Å². The fourth-order valence-corrected chi connectivity index (χ4v) is 4.68. The van der Waals surface area contributed by atoms with Crippen LogP contribution >= 0.6 is 11.6 Å². The van der Waals surface area contributed by atoms with Crippen LogP contribution in [0.4, 0.5) is 5.69 Å². The molecule has 1 aliphatic rings. The van der Waals surface area contributed by atoms with Crippen LogP contribution in [0.1, 0.15) is 74.0 Å². The molecular weight excluding hydrogens is 382 g/mol. The van der Waals surface area contributed by atoms with Crippen LogP contribution in [0.5, 0.6) is 0 Å². The van der Waals surface area contributed by atoms with E-state index in [1.54, 1.807) is 30.5 Å². The average molecular weight is 412 g/mol. The molecule has 0 aliphatic carbocycles. The van der Waals surface area contributed by atoms with Gasteiger partial charge in [-0.15, -0.1) is 0 Å². The Labute approximate surface area is 179 Å². The first-order chi connectivity index (χ1) is 13.6. The molecule has 1 heterocycles. The number of hydrazone groups is 1. The van der Waals surface area contributed by atoms with E-state index in [2.05, 4.69) is 69.1 Å². The van der Waals surface area contributed by atoms with Gasteiger partial charge < -0.3 is 4.90 Å². The molecule has 0 saturated heterocycles. The molecule has 1 N–H and O–H groups in total. The van der Waals surface area contributed by atoms with Crippen molar-refractivity contribution in [2.75, 3.05) is 4.90 Å². The van der Waals surface area contributed by atoms with Crippen LogP contribution < -0.4 is 10.3 Å². The number of carbonyl (C=O) groups excluding carboxylic acids is 1. The van der Waals surface area contributed by atoms with Crippen molar-refractivity contribution in [2.45, 2.75) is 65.5 Å². The third kappa shape index (κ3) is 4.48. The highest BCUT2D eigenvalue weighted by Gasteiger charge is 2.37. The number of rotatable bonds is 4. The summed E-state index contributed by atoms with van der Waals surface area (Å²) in [6.07, 6.45) is 2.83. The Morgan fingerprint density at radius 1 is 1.28 bits per heavy atom. The van der Waals surface area contributed by atoms with E-state index in [0.717, 1.165) is 17.5 Å². The van der Waals surface area contributed by atoms with Crippen LogP contribution in [0.2, 0.25) is 5.02 Å². The monoisotopic (exact) mass is 411 g/mol. The predicted octanol–water partition coefficient (Wildman–Crippen LogP) is 5.91. The minimum Gasteiger partial charge on any atom is -0.364 e. The van der Waals surface area contributed by atoms with E-state index in [9.17, 15) is 4.79 Å². The molecular formula is C24H30ClN3O. The summed E-state index contributed by atoms with van der Waals surface area (Å²) in [7, 11) is 0. The molecule has 4 nitrogen and oxygen atoms in total. The minimum atomic E-state index is -0.255. The molecule has 5 heteroatoms. The largest absolute Gasteiger partial charge is 0.364 e. The lowest BCUT2D eigenvalue weighted by Crippen LogP contribution is -2.51. The standard InChI is InChI=1S/C24H30ClN3O/c1-15(2)28-22-11-16(3)19(12-21(22)17(4)13-24(28,5)6)14-26-27-23(29)18-7-9-20(25)10-8-18/h7-12,14-15,17H,13H2,1-6H3,(H,27,29)/b26-14+. The van der Waals surface area contributed by atoms with Gasteiger partial charge in [0.2, 0.25) is 0 Å². The fraction of sp³-hybridized carbons (Fsp3) is 0.417. The maximum Gasteiger partial charge on any atom is 0.271 e. The maximum atomic E-state index is 12.2. The number of hydrogen-bond acceptors (Lipinski definition) is 3. The Kier molecular flexibility index (Phi) is 6.04. The molecule has 3 rings (SSSR count). The number of halogens is 1. The fourth-order valence-electron chi connectivity index (χ4n) is 4.56. The molecule has 154 valence electrons. The van der Waals surface area contributed by atoms with Gasteiger partial charge in [-0.05, 0) is 100 Å². The van der Waals surface area contributed by atoms with Crippen LogP contribution in [0.25, 0.3) is 0 Å². The number of anilines is 1. The zero-order valence-corrected chi connectivity index (χ0v) is 18.8. The number of benzene rings is 2. The second-order valence-corrected chi connectivity index (χ2v) is 9.29. The zero-order valence-electron chi connectivity index (χ0n) is 18.1. The molecule has 0 fully saturated rings. The molecule has 1 amide bonds. The molecule has 0 saturated carbocycles. The van der Waals surface area contributed by atoms with E-state index in [1.807, 2.05) is 0 Å². The first kappa shape index (κ1) is 21.4. The lowest BCUT2D eigenvalue weighted by atomic mass is 9.78. The van der Waals surface area contributed by atoms with Crippen molar-refractivity contribution in [3.8, 4) is 0 Å². The quantitative estimate of drug-likeness (QED) is 0.501. The number of carbonyl (C=O) groups is 1. The summed E-state index contributed by atoms with van der Waals surface area (Å²) in [5.74, 6) is 0.209. The molecule has 1 unspecified atom stereocenters. The van der Waals surface area contributed by atoms with Crippen molar-refractivity contribution < 1.29 is 4.79 Å². The van der Waals surface area contributed by atoms with Crippen molar-refractivity contribution in [3.05, 3.63) is 63.7 Å². The Hall–Kier alpha value is -2.33. The van der Waals surface area contributed by atoms with E-state index in [-0.39, 0.29) is 11.4 Å². The van der Waals surface area contributed by atoms with Gasteiger partial charge in [0.05, 0.1) is 6.21 Å². The first-order valence-corrected chi connectivity index (χ1v) is 10.5. The van der Waals surface area contributed by atoms with E-state index in [0.29, 0.717) is 22.5 Å². The Morgan fingerprint density at radius 2 is 1.93 bits per heavy atom. The third-order valence-corrected chi connectivity index (χ3v) is 5.91. The summed E-state index contributed by atoms with van der Waals surface area (Å²) in [5.41, 5.74) is 8.06. The van der Waals surface area contributed by atoms with Gasteiger partial charge in [-0.3, -0.25) is 4.79 Å². The number of nitrogens with one attached hydrogen (secondary N) is 1. The average Bonchev–Trinajstić information content (AvgIpc) is 2.62. The number of amides is 1. The molecule has 1 atom stereocenters. The van der Waals surface area contributed by atoms with E-state index >= 15 is 0 Å². The number of fused-ring (bicyclic) bond motifs is 1. The molecule has 0 aromatic heterocycles. The van der Waals surface area contributed by atoms with Crippen LogP contribution in [-0.4, -0.2) is 23.7 Å². The second-order valence-electron chi connectivity index (χ2n) is 8.85. The highest BCUT2D eigenvalue weighted by Crippen LogP contribution is 2.45. The topological polar surface area (TPSA) is 44.7 Å². The summed E-state index contributed by atoms with van der Waals surface area (Å²) in [6, 6.07) is 11.7. The van der Waals surface area contributed by atoms with Crippen molar-refractivity contribution in [3.63, 3.8) is 0 Å². The lowest BCUT2D eigenvalue weighted by Gasteiger charge is -2.50. The molecule has 2 aromatic rings. The van der Waals surface area contributed by atoms with Gasteiger partial charge in [-0.1, -0.05) is 18.5 Å². The van der Waals surface area contributed by atoms with Gasteiger partial charge in [0.25, 0.3) is 5.91 Å². The van der Waals surface area contributed by atoms with Gasteiger partial charge in [-0.25, -0.2) is 5.43 Å². The van der Waals surface area contributed by atoms with Crippen molar-refractivity contribution in [2.24, 2.45) is 5.10 Å². The predicted molar refractivity (Wildman–Crippen MR) is 122 cm³/mol. The Morgan fingerprint density at radius 3 is 2.55 bits per heavy atom. The number of hydrogen-bond donors (Lipinski definition) is 1. The van der Waals surface area contributed by atoms with Crippen molar-refractivity contribution in [1.29, 1.82) is 0 Å². The molecule has 2 aromatic carbocycles. The van der Waals surface area contributed by atoms with Crippen molar-refractivity contribution in [1.82, 2.24) is 5.43 Å². The molecule has 0 spiro atoms. The SMILES string of the molecule is Cc1cc2c(cc1/C=N/NC(=O)c1ccc(Cl)cc1)C(C)CC(C)(C)N2C(C)C. The van der Waals surface area contributed by atoms with Crippen LogP contribution in [0.3, 0.4) is 0 Å². The van der Waals surface area contributed by atoms with E-state index in [4.69, 9.17) is 11.6 Å². The highest BCUT2D eigenvalue weighted by atomic mass is 35.5. The van der Waals surface area contributed by atoms with Crippen LogP contribution in [0, 0.1) is 6.92 Å². The smallest absolute Gasteiger partial charge is 0.271 e. The van der Waals surface area contributed by atoms with Crippen LogP contribution in [-0.2, 0) is 0 Å². The second kappa shape index (κ2) is 8.19. The third-order valence-electron chi connectivity index (χ3n) is 5.66. The van der Waals surface area contributed by atoms with Gasteiger partial charge in [0, 0.05) is 27.9 Å². The van der Waals surface area contributed by atoms with Gasteiger partial charge in [0.15, 0.2) is 0 Å². The van der Waals surface area contributed by atoms with Crippen molar-refractivity contribution >= 4 is 29.4 Å². The Balaban J connectivity index is 1.85. The normalized spacial score (nSPS) is 18.2. The summed E-state index contributed by atoms with van der Waals surface area (Å²) < 4.78 is 0. The summed E-state index contributed by atoms with van der Waals surface area (Å²) in [6.45, 7) is 13.5. The van der Waals surface area contributed by atoms with Crippen LogP contribution in [0.15, 0.2) is 41.5 Å². The van der Waals surface area contributed by atoms with E-state index < -0.39 is 0 Å². The Bertz CT molecular complexity index is 932. The van der Waals surface area contributed by atoms with Gasteiger partial charge in [0.1, 0.15) is 0 Å². The highest BCUT2D eigenvalue weighted by molar-refractivity contribution is 6.30. The number of aryl methyl sites for hydroxylation is 1. The molecule has 1 aliphatic heterocycles. The summed E-state index contributed by atoms with van der Waals surface area (Å²) in [4.78, 5) is 14.8. The van der Waals surface area contributed by atoms with Gasteiger partial charge in [-0.2, -0.15) is 5.10 Å². The number of nitrogens with zero attached hydrogens (tertiary/aromatic N) is 2. The zero-order chi connectivity index (χ0) is 21.3.